The van der Waals surface area contributed by atoms with Gasteiger partial charge in [0.2, 0.25) is 5.56 Å². The molecule has 1 aromatic rings. The number of aromatic nitrogens is 1. The first-order valence-corrected chi connectivity index (χ1v) is 10.4. The highest BCUT2D eigenvalue weighted by molar-refractivity contribution is 5.80. The number of likely N-dealkylation sites (tertiary alicyclic amines) is 1. The molecule has 1 unspecified atom stereocenters. The maximum Gasteiger partial charge on any atom is 0.250 e. The number of pyridine rings is 1. The van der Waals surface area contributed by atoms with Crippen LogP contribution in [-0.2, 0) is 6.54 Å². The zero-order chi connectivity index (χ0) is 18.8. The summed E-state index contributed by atoms with van der Waals surface area (Å²) in [5.74, 6) is 2.71. The molecule has 5 nitrogen and oxygen atoms in total. The van der Waals surface area contributed by atoms with E-state index in [2.05, 4.69) is 31.0 Å². The predicted octanol–water partition coefficient (Wildman–Crippen LogP) is 3.35. The van der Waals surface area contributed by atoms with Gasteiger partial charge < -0.3 is 14.8 Å². The molecule has 2 rings (SSSR count). The lowest BCUT2D eigenvalue weighted by molar-refractivity contribution is 0.319. The van der Waals surface area contributed by atoms with Gasteiger partial charge >= 0.3 is 0 Å². The van der Waals surface area contributed by atoms with Gasteiger partial charge in [-0.15, -0.1) is 0 Å². The highest BCUT2D eigenvalue weighted by atomic mass is 16.1. The van der Waals surface area contributed by atoms with E-state index in [1.165, 1.54) is 19.3 Å². The standard InChI is InChI=1S/C21H36N4O/c1-4-18(5-2)19-12-16-25(17-19)21(22-6-3)23-13-8-10-15-24-14-9-7-11-20(24)26/h7,9,11,14,18-19H,4-6,8,10,12-13,15-17H2,1-3H3,(H,22,23). The minimum Gasteiger partial charge on any atom is -0.357 e. The molecule has 0 spiro atoms. The lowest BCUT2D eigenvalue weighted by Crippen LogP contribution is -2.40. The summed E-state index contributed by atoms with van der Waals surface area (Å²) in [4.78, 5) is 19.0. The number of aliphatic imine (C=N–C) groups is 1. The molecule has 1 aromatic heterocycles. The maximum atomic E-state index is 11.7. The number of unbranched alkanes of at least 4 members (excludes halogenated alkanes) is 1. The van der Waals surface area contributed by atoms with Crippen LogP contribution in [0.1, 0.15) is 52.9 Å². The molecular weight excluding hydrogens is 324 g/mol. The quantitative estimate of drug-likeness (QED) is 0.417. The van der Waals surface area contributed by atoms with Crippen LogP contribution in [-0.4, -0.2) is 41.6 Å². The van der Waals surface area contributed by atoms with Crippen molar-refractivity contribution in [1.29, 1.82) is 0 Å². The van der Waals surface area contributed by atoms with E-state index in [1.807, 2.05) is 12.3 Å². The monoisotopic (exact) mass is 360 g/mol. The molecule has 0 radical (unpaired) electrons. The Labute approximate surface area is 158 Å². The molecule has 1 atom stereocenters. The largest absolute Gasteiger partial charge is 0.357 e. The summed E-state index contributed by atoms with van der Waals surface area (Å²) >= 11 is 0. The van der Waals surface area contributed by atoms with Gasteiger partial charge in [-0.3, -0.25) is 9.79 Å². The molecule has 5 heteroatoms. The molecule has 0 aromatic carbocycles. The number of hydrogen-bond acceptors (Lipinski definition) is 2. The molecule has 1 N–H and O–H groups in total. The molecule has 0 aliphatic carbocycles. The van der Waals surface area contributed by atoms with Crippen LogP contribution in [0.5, 0.6) is 0 Å². The Bertz CT molecular complexity index is 606. The van der Waals surface area contributed by atoms with Gasteiger partial charge in [-0.2, -0.15) is 0 Å². The van der Waals surface area contributed by atoms with Crippen molar-refractivity contribution >= 4 is 5.96 Å². The summed E-state index contributed by atoms with van der Waals surface area (Å²) in [7, 11) is 0. The molecule has 0 amide bonds. The van der Waals surface area contributed by atoms with Crippen LogP contribution >= 0.6 is 0 Å². The molecule has 0 saturated carbocycles. The fourth-order valence-electron chi connectivity index (χ4n) is 3.97. The second-order valence-corrected chi connectivity index (χ2v) is 7.25. The molecule has 1 aliphatic rings. The van der Waals surface area contributed by atoms with Crippen LogP contribution in [0.4, 0.5) is 0 Å². The summed E-state index contributed by atoms with van der Waals surface area (Å²) in [6, 6.07) is 5.31. The van der Waals surface area contributed by atoms with E-state index in [1.54, 1.807) is 16.7 Å². The summed E-state index contributed by atoms with van der Waals surface area (Å²) in [6.45, 7) is 11.5. The van der Waals surface area contributed by atoms with Crippen molar-refractivity contribution < 1.29 is 0 Å². The van der Waals surface area contributed by atoms with Crippen molar-refractivity contribution in [3.8, 4) is 0 Å². The average molecular weight is 361 g/mol. The molecule has 0 bridgehead atoms. The van der Waals surface area contributed by atoms with Gasteiger partial charge in [-0.25, -0.2) is 0 Å². The van der Waals surface area contributed by atoms with E-state index in [9.17, 15) is 4.79 Å². The number of nitrogens with one attached hydrogen (secondary N) is 1. The fourth-order valence-corrected chi connectivity index (χ4v) is 3.97. The average Bonchev–Trinajstić information content (AvgIpc) is 3.13. The molecule has 1 saturated heterocycles. The first-order chi connectivity index (χ1) is 12.7. The van der Waals surface area contributed by atoms with Crippen LogP contribution in [0.3, 0.4) is 0 Å². The molecule has 2 heterocycles. The Morgan fingerprint density at radius 2 is 2.08 bits per heavy atom. The summed E-state index contributed by atoms with van der Waals surface area (Å²) < 4.78 is 1.77. The van der Waals surface area contributed by atoms with Crippen molar-refractivity contribution in [3.05, 3.63) is 34.7 Å². The van der Waals surface area contributed by atoms with E-state index >= 15 is 0 Å². The minimum absolute atomic E-state index is 0.0776. The van der Waals surface area contributed by atoms with E-state index in [-0.39, 0.29) is 5.56 Å². The third-order valence-electron chi connectivity index (χ3n) is 5.54. The summed E-state index contributed by atoms with van der Waals surface area (Å²) in [5, 5.41) is 3.46. The third kappa shape index (κ3) is 5.89. The van der Waals surface area contributed by atoms with Gasteiger partial charge in [-0.1, -0.05) is 32.8 Å². The highest BCUT2D eigenvalue weighted by Crippen LogP contribution is 2.28. The number of nitrogens with zero attached hydrogens (tertiary/aromatic N) is 3. The Balaban J connectivity index is 1.81. The SMILES string of the molecule is CCNC(=NCCCCn1ccccc1=O)N1CCC(C(CC)CC)C1. The van der Waals surface area contributed by atoms with E-state index in [0.29, 0.717) is 0 Å². The van der Waals surface area contributed by atoms with Gasteiger partial charge in [0.05, 0.1) is 0 Å². The normalized spacial score (nSPS) is 17.9. The first-order valence-electron chi connectivity index (χ1n) is 10.4. The Hall–Kier alpha value is -1.78. The van der Waals surface area contributed by atoms with Crippen molar-refractivity contribution in [2.24, 2.45) is 16.8 Å². The minimum atomic E-state index is 0.0776. The zero-order valence-electron chi connectivity index (χ0n) is 16.8. The lowest BCUT2D eigenvalue weighted by atomic mass is 9.87. The zero-order valence-corrected chi connectivity index (χ0v) is 16.8. The van der Waals surface area contributed by atoms with E-state index in [0.717, 1.165) is 63.4 Å². The second kappa shape index (κ2) is 11.0. The topological polar surface area (TPSA) is 49.6 Å². The van der Waals surface area contributed by atoms with Crippen molar-refractivity contribution in [3.63, 3.8) is 0 Å². The highest BCUT2D eigenvalue weighted by Gasteiger charge is 2.29. The maximum absolute atomic E-state index is 11.7. The van der Waals surface area contributed by atoms with Crippen LogP contribution in [0, 0.1) is 11.8 Å². The number of hydrogen-bond donors (Lipinski definition) is 1. The molecule has 146 valence electrons. The van der Waals surface area contributed by atoms with Crippen molar-refractivity contribution in [2.75, 3.05) is 26.2 Å². The predicted molar refractivity (Wildman–Crippen MR) is 110 cm³/mol. The smallest absolute Gasteiger partial charge is 0.250 e. The molecular formula is C21H36N4O. The van der Waals surface area contributed by atoms with Gasteiger partial charge in [-0.05, 0) is 44.1 Å². The Morgan fingerprint density at radius 1 is 1.27 bits per heavy atom. The van der Waals surface area contributed by atoms with E-state index < -0.39 is 0 Å². The number of aryl methyl sites for hydroxylation is 1. The van der Waals surface area contributed by atoms with Crippen LogP contribution in [0.2, 0.25) is 0 Å². The Kier molecular flexibility index (Phi) is 8.72. The second-order valence-electron chi connectivity index (χ2n) is 7.25. The number of rotatable bonds is 9. The first kappa shape index (κ1) is 20.5. The molecule has 1 aliphatic heterocycles. The molecule has 1 fully saturated rings. The third-order valence-corrected chi connectivity index (χ3v) is 5.54. The van der Waals surface area contributed by atoms with Crippen LogP contribution in [0.25, 0.3) is 0 Å². The van der Waals surface area contributed by atoms with Gasteiger partial charge in [0.15, 0.2) is 5.96 Å². The van der Waals surface area contributed by atoms with E-state index in [4.69, 9.17) is 4.99 Å². The Morgan fingerprint density at radius 3 is 2.77 bits per heavy atom. The van der Waals surface area contributed by atoms with Crippen molar-refractivity contribution in [2.45, 2.75) is 59.4 Å². The lowest BCUT2D eigenvalue weighted by Gasteiger charge is -2.24. The summed E-state index contributed by atoms with van der Waals surface area (Å²) in [5.41, 5.74) is 0.0776. The van der Waals surface area contributed by atoms with Gasteiger partial charge in [0.25, 0.3) is 0 Å². The van der Waals surface area contributed by atoms with Crippen LogP contribution in [0.15, 0.2) is 34.2 Å². The van der Waals surface area contributed by atoms with Crippen molar-refractivity contribution in [1.82, 2.24) is 14.8 Å². The number of guanidine groups is 1. The van der Waals surface area contributed by atoms with Crippen LogP contribution < -0.4 is 10.9 Å². The molecule has 26 heavy (non-hydrogen) atoms. The summed E-state index contributed by atoms with van der Waals surface area (Å²) in [6.07, 6.45) is 7.68. The van der Waals surface area contributed by atoms with Gasteiger partial charge in [0, 0.05) is 45.0 Å². The fraction of sp³-hybridized carbons (Fsp3) is 0.714. The van der Waals surface area contributed by atoms with Gasteiger partial charge in [0.1, 0.15) is 0 Å².